The molecular weight excluding hydrogens is 244 g/mol. The van der Waals surface area contributed by atoms with Gasteiger partial charge in [0.1, 0.15) is 5.15 Å². The van der Waals surface area contributed by atoms with Gasteiger partial charge in [0.15, 0.2) is 0 Å². The summed E-state index contributed by atoms with van der Waals surface area (Å²) in [6, 6.07) is 14.4. The lowest BCUT2D eigenvalue weighted by molar-refractivity contribution is 0.271. The van der Waals surface area contributed by atoms with Gasteiger partial charge in [-0.05, 0) is 23.7 Å². The predicted molar refractivity (Wildman–Crippen MR) is 75.5 cm³/mol. The van der Waals surface area contributed by atoms with Crippen LogP contribution in [0.4, 0.5) is 0 Å². The van der Waals surface area contributed by atoms with Crippen molar-refractivity contribution in [2.24, 2.45) is 0 Å². The normalized spacial score (nSPS) is 10.8. The fraction of sp³-hybridized carbons (Fsp3) is 0.267. The Morgan fingerprint density at radius 2 is 1.72 bits per heavy atom. The first-order valence-electron chi connectivity index (χ1n) is 6.14. The SMILES string of the molecule is CCN(Cc1ccccc1)Cc1ccc(Cl)nc1. The van der Waals surface area contributed by atoms with E-state index < -0.39 is 0 Å². The van der Waals surface area contributed by atoms with Crippen LogP contribution in [0, 0.1) is 0 Å². The fourth-order valence-electron chi connectivity index (χ4n) is 1.88. The molecule has 0 aliphatic rings. The molecule has 0 spiro atoms. The van der Waals surface area contributed by atoms with Crippen molar-refractivity contribution in [1.29, 1.82) is 0 Å². The lowest BCUT2D eigenvalue weighted by Crippen LogP contribution is -2.22. The molecule has 94 valence electrons. The van der Waals surface area contributed by atoms with Gasteiger partial charge >= 0.3 is 0 Å². The number of pyridine rings is 1. The Hall–Kier alpha value is -1.38. The van der Waals surface area contributed by atoms with Gasteiger partial charge < -0.3 is 0 Å². The molecule has 0 bridgehead atoms. The predicted octanol–water partition coefficient (Wildman–Crippen LogP) is 3.76. The average Bonchev–Trinajstić information content (AvgIpc) is 2.41. The average molecular weight is 261 g/mol. The van der Waals surface area contributed by atoms with Crippen molar-refractivity contribution in [3.8, 4) is 0 Å². The quantitative estimate of drug-likeness (QED) is 0.761. The zero-order valence-electron chi connectivity index (χ0n) is 10.5. The Kier molecular flexibility index (Phi) is 4.73. The molecule has 2 nitrogen and oxygen atoms in total. The molecule has 3 heteroatoms. The third-order valence-corrected chi connectivity index (χ3v) is 3.11. The molecule has 0 atom stereocenters. The van der Waals surface area contributed by atoms with E-state index in [-0.39, 0.29) is 0 Å². The second-order valence-electron chi connectivity index (χ2n) is 4.28. The van der Waals surface area contributed by atoms with E-state index >= 15 is 0 Å². The van der Waals surface area contributed by atoms with E-state index in [1.165, 1.54) is 11.1 Å². The molecule has 2 aromatic rings. The standard InChI is InChI=1S/C15H17ClN2/c1-2-18(11-13-6-4-3-5-7-13)12-14-8-9-15(16)17-10-14/h3-10H,2,11-12H2,1H3. The molecule has 0 aliphatic carbocycles. The van der Waals surface area contributed by atoms with Crippen molar-refractivity contribution >= 4 is 11.6 Å². The molecule has 0 N–H and O–H groups in total. The van der Waals surface area contributed by atoms with Crippen molar-refractivity contribution in [2.45, 2.75) is 20.0 Å². The summed E-state index contributed by atoms with van der Waals surface area (Å²) in [7, 11) is 0. The van der Waals surface area contributed by atoms with Gasteiger partial charge in [0.05, 0.1) is 0 Å². The van der Waals surface area contributed by atoms with E-state index in [9.17, 15) is 0 Å². The summed E-state index contributed by atoms with van der Waals surface area (Å²) in [4.78, 5) is 6.49. The van der Waals surface area contributed by atoms with Crippen LogP contribution in [-0.4, -0.2) is 16.4 Å². The first-order chi connectivity index (χ1) is 8.78. The van der Waals surface area contributed by atoms with Gasteiger partial charge in [0, 0.05) is 19.3 Å². The summed E-state index contributed by atoms with van der Waals surface area (Å²) in [6.07, 6.45) is 1.84. The van der Waals surface area contributed by atoms with Crippen molar-refractivity contribution in [3.05, 3.63) is 64.9 Å². The van der Waals surface area contributed by atoms with Crippen LogP contribution in [0.5, 0.6) is 0 Å². The maximum atomic E-state index is 5.79. The highest BCUT2D eigenvalue weighted by molar-refractivity contribution is 6.29. The first-order valence-corrected chi connectivity index (χ1v) is 6.52. The van der Waals surface area contributed by atoms with Crippen LogP contribution in [0.3, 0.4) is 0 Å². The number of rotatable bonds is 5. The van der Waals surface area contributed by atoms with Crippen LogP contribution < -0.4 is 0 Å². The minimum Gasteiger partial charge on any atom is -0.295 e. The van der Waals surface area contributed by atoms with E-state index in [4.69, 9.17) is 11.6 Å². The summed E-state index contributed by atoms with van der Waals surface area (Å²) >= 11 is 5.79. The summed E-state index contributed by atoms with van der Waals surface area (Å²) in [6.45, 7) is 5.04. The zero-order valence-corrected chi connectivity index (χ0v) is 11.3. The fourth-order valence-corrected chi connectivity index (χ4v) is 1.99. The smallest absolute Gasteiger partial charge is 0.129 e. The van der Waals surface area contributed by atoms with Crippen LogP contribution in [0.1, 0.15) is 18.1 Å². The van der Waals surface area contributed by atoms with Crippen molar-refractivity contribution in [1.82, 2.24) is 9.88 Å². The summed E-state index contributed by atoms with van der Waals surface area (Å²) in [5.74, 6) is 0. The Bertz CT molecular complexity index is 468. The largest absolute Gasteiger partial charge is 0.295 e. The highest BCUT2D eigenvalue weighted by Gasteiger charge is 2.05. The first kappa shape index (κ1) is 13.1. The Balaban J connectivity index is 1.99. The maximum absolute atomic E-state index is 5.79. The number of benzene rings is 1. The van der Waals surface area contributed by atoms with E-state index in [2.05, 4.69) is 41.1 Å². The molecule has 0 fully saturated rings. The van der Waals surface area contributed by atoms with Gasteiger partial charge in [-0.25, -0.2) is 4.98 Å². The highest BCUT2D eigenvalue weighted by Crippen LogP contribution is 2.11. The molecule has 0 saturated carbocycles. The molecule has 0 unspecified atom stereocenters. The molecule has 1 aromatic carbocycles. The second kappa shape index (κ2) is 6.53. The van der Waals surface area contributed by atoms with E-state index in [1.807, 2.05) is 24.4 Å². The van der Waals surface area contributed by atoms with Crippen molar-refractivity contribution in [2.75, 3.05) is 6.54 Å². The van der Waals surface area contributed by atoms with Crippen LogP contribution in [0.2, 0.25) is 5.15 Å². The second-order valence-corrected chi connectivity index (χ2v) is 4.67. The monoisotopic (exact) mass is 260 g/mol. The van der Waals surface area contributed by atoms with Gasteiger partial charge in [-0.2, -0.15) is 0 Å². The molecule has 0 aliphatic heterocycles. The van der Waals surface area contributed by atoms with Gasteiger partial charge in [-0.3, -0.25) is 4.90 Å². The molecule has 18 heavy (non-hydrogen) atoms. The molecule has 1 heterocycles. The molecule has 0 amide bonds. The molecular formula is C15H17ClN2. The number of hydrogen-bond donors (Lipinski definition) is 0. The third-order valence-electron chi connectivity index (χ3n) is 2.89. The van der Waals surface area contributed by atoms with Gasteiger partial charge in [-0.1, -0.05) is 54.9 Å². The molecule has 0 radical (unpaired) electrons. The van der Waals surface area contributed by atoms with E-state index in [0.29, 0.717) is 5.15 Å². The topological polar surface area (TPSA) is 16.1 Å². The number of nitrogens with zero attached hydrogens (tertiary/aromatic N) is 2. The summed E-state index contributed by atoms with van der Waals surface area (Å²) < 4.78 is 0. The van der Waals surface area contributed by atoms with Gasteiger partial charge in [0.25, 0.3) is 0 Å². The number of aromatic nitrogens is 1. The van der Waals surface area contributed by atoms with E-state index in [0.717, 1.165) is 19.6 Å². The Labute approximate surface area is 113 Å². The van der Waals surface area contributed by atoms with Crippen LogP contribution in [0.25, 0.3) is 0 Å². The number of halogens is 1. The summed E-state index contributed by atoms with van der Waals surface area (Å²) in [5, 5.41) is 0.546. The van der Waals surface area contributed by atoms with Crippen LogP contribution >= 0.6 is 11.6 Å². The summed E-state index contributed by atoms with van der Waals surface area (Å²) in [5.41, 5.74) is 2.53. The van der Waals surface area contributed by atoms with Gasteiger partial charge in [-0.15, -0.1) is 0 Å². The Morgan fingerprint density at radius 3 is 2.33 bits per heavy atom. The number of hydrogen-bond acceptors (Lipinski definition) is 2. The molecule has 2 rings (SSSR count). The van der Waals surface area contributed by atoms with Crippen LogP contribution in [-0.2, 0) is 13.1 Å². The van der Waals surface area contributed by atoms with E-state index in [1.54, 1.807) is 0 Å². The maximum Gasteiger partial charge on any atom is 0.129 e. The molecule has 0 saturated heterocycles. The van der Waals surface area contributed by atoms with Crippen molar-refractivity contribution in [3.63, 3.8) is 0 Å². The van der Waals surface area contributed by atoms with Gasteiger partial charge in [0.2, 0.25) is 0 Å². The van der Waals surface area contributed by atoms with Crippen LogP contribution in [0.15, 0.2) is 48.7 Å². The minimum absolute atomic E-state index is 0.546. The lowest BCUT2D eigenvalue weighted by Gasteiger charge is -2.20. The Morgan fingerprint density at radius 1 is 1.00 bits per heavy atom. The zero-order chi connectivity index (χ0) is 12.8. The minimum atomic E-state index is 0.546. The lowest BCUT2D eigenvalue weighted by atomic mass is 10.2. The third kappa shape index (κ3) is 3.83. The molecule has 1 aromatic heterocycles. The highest BCUT2D eigenvalue weighted by atomic mass is 35.5. The van der Waals surface area contributed by atoms with Crippen molar-refractivity contribution < 1.29 is 0 Å².